The molecule has 0 unspecified atom stereocenters. The van der Waals surface area contributed by atoms with E-state index in [1.54, 1.807) is 23.3 Å². The van der Waals surface area contributed by atoms with Gasteiger partial charge < -0.3 is 4.90 Å². The van der Waals surface area contributed by atoms with E-state index in [0.29, 0.717) is 16.5 Å². The molecular formula is C19H20N4O3S2. The van der Waals surface area contributed by atoms with Crippen LogP contribution < -0.4 is 5.32 Å². The summed E-state index contributed by atoms with van der Waals surface area (Å²) in [6, 6.07) is 6.21. The second-order valence-corrected chi connectivity index (χ2v) is 9.51. The predicted octanol–water partition coefficient (Wildman–Crippen LogP) is 3.08. The van der Waals surface area contributed by atoms with Crippen molar-refractivity contribution in [2.45, 2.75) is 26.2 Å². The van der Waals surface area contributed by atoms with Crippen molar-refractivity contribution < 1.29 is 13.2 Å². The highest BCUT2D eigenvalue weighted by Gasteiger charge is 2.25. The number of hydrogen-bond donors (Lipinski definition) is 1. The summed E-state index contributed by atoms with van der Waals surface area (Å²) in [5.74, 6) is -0.00932. The molecule has 0 saturated heterocycles. The first-order valence-corrected chi connectivity index (χ1v) is 11.6. The number of amidine groups is 1. The summed E-state index contributed by atoms with van der Waals surface area (Å²) in [6.07, 6.45) is 8.08. The zero-order valence-corrected chi connectivity index (χ0v) is 17.0. The van der Waals surface area contributed by atoms with Gasteiger partial charge in [0.05, 0.1) is 21.5 Å². The van der Waals surface area contributed by atoms with E-state index in [0.717, 1.165) is 29.5 Å². The molecular weight excluding hydrogens is 396 g/mol. The van der Waals surface area contributed by atoms with Crippen LogP contribution in [0.1, 0.15) is 25.3 Å². The number of anilines is 1. The summed E-state index contributed by atoms with van der Waals surface area (Å²) in [4.78, 5) is 18.8. The lowest BCUT2D eigenvalue weighted by atomic mass is 10.1. The average Bonchev–Trinajstić information content (AvgIpc) is 3.06. The Morgan fingerprint density at radius 1 is 1.32 bits per heavy atom. The number of sulfonamides is 1. The van der Waals surface area contributed by atoms with Gasteiger partial charge in [-0.1, -0.05) is 30.7 Å². The number of nitrogens with zero attached hydrogens (tertiary/aromatic N) is 3. The van der Waals surface area contributed by atoms with Crippen LogP contribution in [0.4, 0.5) is 5.13 Å². The second kappa shape index (κ2) is 7.48. The van der Waals surface area contributed by atoms with Gasteiger partial charge in [0.15, 0.2) is 5.13 Å². The van der Waals surface area contributed by atoms with Crippen molar-refractivity contribution in [1.82, 2.24) is 9.88 Å². The standard InChI is InChI=1S/C19H20N4O3S2/c1-2-3-4-13-5-7-15-16(11-13)27-19(20-15)21-18(24)14-6-8-17-22-28(25,26)10-9-23(17)12-14/h5-8,11-12H,2-4,9-10H2,1H3,(H,20,21,24). The quantitative estimate of drug-likeness (QED) is 0.809. The topological polar surface area (TPSA) is 91.7 Å². The van der Waals surface area contributed by atoms with E-state index in [4.69, 9.17) is 0 Å². The molecule has 0 bridgehead atoms. The molecule has 0 aliphatic carbocycles. The van der Waals surface area contributed by atoms with Crippen LogP contribution in [-0.2, 0) is 21.2 Å². The number of unbranched alkanes of at least 4 members (excludes halogenated alkanes) is 1. The SMILES string of the molecule is CCCCc1ccc2nc(NC(=O)C3=CN4CCS(=O)(=O)N=C4C=C3)sc2c1. The number of aromatic nitrogens is 1. The first-order valence-electron chi connectivity index (χ1n) is 9.13. The molecule has 28 heavy (non-hydrogen) atoms. The van der Waals surface area contributed by atoms with Crippen LogP contribution in [0.2, 0.25) is 0 Å². The third-order valence-electron chi connectivity index (χ3n) is 4.58. The fraction of sp³-hybridized carbons (Fsp3) is 0.316. The number of carbonyl (C=O) groups excluding carboxylic acids is 1. The highest BCUT2D eigenvalue weighted by atomic mass is 32.2. The fourth-order valence-corrected chi connectivity index (χ4v) is 4.96. The number of benzene rings is 1. The smallest absolute Gasteiger partial charge is 0.258 e. The summed E-state index contributed by atoms with van der Waals surface area (Å²) < 4.78 is 27.9. The number of carbonyl (C=O) groups is 1. The van der Waals surface area contributed by atoms with Crippen molar-refractivity contribution in [2.75, 3.05) is 17.6 Å². The van der Waals surface area contributed by atoms with Crippen LogP contribution in [-0.4, -0.2) is 42.3 Å². The Morgan fingerprint density at radius 3 is 3.00 bits per heavy atom. The van der Waals surface area contributed by atoms with Gasteiger partial charge in [-0.15, -0.1) is 4.40 Å². The summed E-state index contributed by atoms with van der Waals surface area (Å²) in [5.41, 5.74) is 2.58. The molecule has 2 aromatic rings. The van der Waals surface area contributed by atoms with Gasteiger partial charge >= 0.3 is 0 Å². The lowest BCUT2D eigenvalue weighted by Gasteiger charge is -2.26. The maximum Gasteiger partial charge on any atom is 0.258 e. The molecule has 146 valence electrons. The number of fused-ring (bicyclic) bond motifs is 2. The van der Waals surface area contributed by atoms with E-state index in [2.05, 4.69) is 33.8 Å². The normalized spacial score (nSPS) is 17.8. The van der Waals surface area contributed by atoms with Gasteiger partial charge in [-0.3, -0.25) is 10.1 Å². The van der Waals surface area contributed by atoms with Gasteiger partial charge in [0.25, 0.3) is 15.9 Å². The lowest BCUT2D eigenvalue weighted by molar-refractivity contribution is -0.112. The van der Waals surface area contributed by atoms with Crippen molar-refractivity contribution in [3.8, 4) is 0 Å². The minimum Gasteiger partial charge on any atom is -0.330 e. The minimum absolute atomic E-state index is 0.0615. The monoisotopic (exact) mass is 416 g/mol. The maximum atomic E-state index is 12.6. The molecule has 1 amide bonds. The van der Waals surface area contributed by atoms with Crippen LogP contribution in [0.5, 0.6) is 0 Å². The van der Waals surface area contributed by atoms with Crippen LogP contribution >= 0.6 is 11.3 Å². The first-order chi connectivity index (χ1) is 13.4. The van der Waals surface area contributed by atoms with Gasteiger partial charge in [-0.05, 0) is 42.7 Å². The third kappa shape index (κ3) is 4.00. The van der Waals surface area contributed by atoms with E-state index in [9.17, 15) is 13.2 Å². The largest absolute Gasteiger partial charge is 0.330 e. The highest BCUT2D eigenvalue weighted by molar-refractivity contribution is 7.90. The number of nitrogens with one attached hydrogen (secondary N) is 1. The summed E-state index contributed by atoms with van der Waals surface area (Å²) in [5, 5.41) is 3.38. The van der Waals surface area contributed by atoms with Crippen molar-refractivity contribution in [3.63, 3.8) is 0 Å². The Morgan fingerprint density at radius 2 is 2.18 bits per heavy atom. The minimum atomic E-state index is -3.41. The number of hydrogen-bond acceptors (Lipinski definition) is 6. The zero-order chi connectivity index (χ0) is 19.7. The number of thiazole rings is 1. The molecule has 9 heteroatoms. The molecule has 0 saturated carbocycles. The van der Waals surface area contributed by atoms with Gasteiger partial charge in [0, 0.05) is 12.7 Å². The van der Waals surface area contributed by atoms with E-state index >= 15 is 0 Å². The molecule has 1 aromatic carbocycles. The first kappa shape index (κ1) is 18.8. The van der Waals surface area contributed by atoms with Crippen LogP contribution in [0.15, 0.2) is 46.5 Å². The number of aryl methyl sites for hydroxylation is 1. The van der Waals surface area contributed by atoms with E-state index in [1.807, 2.05) is 6.07 Å². The highest BCUT2D eigenvalue weighted by Crippen LogP contribution is 2.28. The summed E-state index contributed by atoms with van der Waals surface area (Å²) in [6.45, 7) is 2.45. The molecule has 4 rings (SSSR count). The Hall–Kier alpha value is -2.52. The van der Waals surface area contributed by atoms with E-state index in [1.165, 1.54) is 16.9 Å². The summed E-state index contributed by atoms with van der Waals surface area (Å²) in [7, 11) is -3.41. The van der Waals surface area contributed by atoms with E-state index in [-0.39, 0.29) is 18.2 Å². The summed E-state index contributed by atoms with van der Waals surface area (Å²) >= 11 is 1.45. The Labute approximate surface area is 167 Å². The lowest BCUT2D eigenvalue weighted by Crippen LogP contribution is -2.37. The van der Waals surface area contributed by atoms with Crippen LogP contribution in [0.25, 0.3) is 10.2 Å². The Bertz CT molecular complexity index is 1130. The van der Waals surface area contributed by atoms with Crippen molar-refractivity contribution in [3.05, 3.63) is 47.7 Å². The zero-order valence-electron chi connectivity index (χ0n) is 15.4. The van der Waals surface area contributed by atoms with Crippen LogP contribution in [0, 0.1) is 0 Å². The number of amides is 1. The Balaban J connectivity index is 1.49. The molecule has 7 nitrogen and oxygen atoms in total. The fourth-order valence-electron chi connectivity index (χ4n) is 3.06. The molecule has 2 aliphatic heterocycles. The molecule has 2 aliphatic rings. The predicted molar refractivity (Wildman–Crippen MR) is 112 cm³/mol. The molecule has 0 fully saturated rings. The third-order valence-corrected chi connectivity index (χ3v) is 6.68. The molecule has 1 N–H and O–H groups in total. The average molecular weight is 417 g/mol. The molecule has 0 spiro atoms. The molecule has 1 aromatic heterocycles. The van der Waals surface area contributed by atoms with Gasteiger partial charge in [0.2, 0.25) is 0 Å². The van der Waals surface area contributed by atoms with Crippen molar-refractivity contribution in [1.29, 1.82) is 0 Å². The van der Waals surface area contributed by atoms with Gasteiger partial charge in [0.1, 0.15) is 5.84 Å². The Kier molecular flexibility index (Phi) is 5.03. The molecule has 0 radical (unpaired) electrons. The molecule has 3 heterocycles. The van der Waals surface area contributed by atoms with Crippen molar-refractivity contribution in [2.24, 2.45) is 4.40 Å². The number of rotatable bonds is 5. The van der Waals surface area contributed by atoms with E-state index < -0.39 is 10.0 Å². The van der Waals surface area contributed by atoms with Crippen LogP contribution in [0.3, 0.4) is 0 Å². The molecule has 0 atom stereocenters. The van der Waals surface area contributed by atoms with Gasteiger partial charge in [-0.2, -0.15) is 0 Å². The van der Waals surface area contributed by atoms with Gasteiger partial charge in [-0.25, -0.2) is 13.4 Å². The second-order valence-electron chi connectivity index (χ2n) is 6.73. The maximum absolute atomic E-state index is 12.6. The van der Waals surface area contributed by atoms with Crippen molar-refractivity contribution >= 4 is 48.5 Å².